The Balaban J connectivity index is 0.00000112. The number of phenols is 1. The number of hydrogen-bond donors (Lipinski definition) is 2. The lowest BCUT2D eigenvalue weighted by atomic mass is 10.1. The second-order valence-electron chi connectivity index (χ2n) is 3.28. The third-order valence-electron chi connectivity index (χ3n) is 2.29. The van der Waals surface area contributed by atoms with Gasteiger partial charge >= 0.3 is 0 Å². The summed E-state index contributed by atoms with van der Waals surface area (Å²) in [6, 6.07) is 5.64. The Hall–Kier alpha value is -0.290. The predicted octanol–water partition coefficient (Wildman–Crippen LogP) is 2.24. The minimum atomic E-state index is 0. The van der Waals surface area contributed by atoms with Gasteiger partial charge in [0.25, 0.3) is 0 Å². The van der Waals surface area contributed by atoms with Gasteiger partial charge in [0.15, 0.2) is 0 Å². The van der Waals surface area contributed by atoms with Crippen molar-refractivity contribution in [2.24, 2.45) is 0 Å². The molecule has 1 aliphatic rings. The normalized spacial score (nSPS) is 20.7. The molecule has 1 heterocycles. The van der Waals surface area contributed by atoms with Crippen molar-refractivity contribution in [2.75, 3.05) is 19.8 Å². The van der Waals surface area contributed by atoms with E-state index in [1.54, 1.807) is 6.07 Å². The first-order chi connectivity index (χ1) is 6.77. The summed E-state index contributed by atoms with van der Waals surface area (Å²) in [5.41, 5.74) is 0.896. The van der Waals surface area contributed by atoms with Gasteiger partial charge in [-0.2, -0.15) is 0 Å². The highest BCUT2D eigenvalue weighted by molar-refractivity contribution is 9.10. The van der Waals surface area contributed by atoms with Crippen molar-refractivity contribution in [1.82, 2.24) is 5.32 Å². The Labute approximate surface area is 103 Å². The Morgan fingerprint density at radius 2 is 2.27 bits per heavy atom. The summed E-state index contributed by atoms with van der Waals surface area (Å²) in [6.45, 7) is 2.20. The first kappa shape index (κ1) is 12.8. The molecule has 84 valence electrons. The predicted molar refractivity (Wildman–Crippen MR) is 64.6 cm³/mol. The van der Waals surface area contributed by atoms with Crippen molar-refractivity contribution >= 4 is 28.3 Å². The molecule has 0 aliphatic carbocycles. The summed E-state index contributed by atoms with van der Waals surface area (Å²) in [4.78, 5) is 0. The van der Waals surface area contributed by atoms with E-state index in [0.717, 1.165) is 23.2 Å². The number of hydrogen-bond acceptors (Lipinski definition) is 3. The number of benzene rings is 1. The second-order valence-corrected chi connectivity index (χ2v) is 4.20. The molecule has 15 heavy (non-hydrogen) atoms. The third-order valence-corrected chi connectivity index (χ3v) is 2.78. The molecule has 0 radical (unpaired) electrons. The highest BCUT2D eigenvalue weighted by Gasteiger charge is 2.18. The van der Waals surface area contributed by atoms with E-state index in [9.17, 15) is 5.11 Å². The first-order valence-corrected chi connectivity index (χ1v) is 5.36. The van der Waals surface area contributed by atoms with Gasteiger partial charge in [-0.15, -0.1) is 12.4 Å². The molecule has 0 bridgehead atoms. The van der Waals surface area contributed by atoms with E-state index < -0.39 is 0 Å². The van der Waals surface area contributed by atoms with Crippen LogP contribution >= 0.6 is 28.3 Å². The Morgan fingerprint density at radius 1 is 1.47 bits per heavy atom. The average Bonchev–Trinajstić information content (AvgIpc) is 2.19. The van der Waals surface area contributed by atoms with E-state index in [2.05, 4.69) is 21.2 Å². The molecule has 1 atom stereocenters. The minimum absolute atomic E-state index is 0. The molecule has 0 spiro atoms. The van der Waals surface area contributed by atoms with Crippen molar-refractivity contribution in [1.29, 1.82) is 0 Å². The monoisotopic (exact) mass is 293 g/mol. The molecule has 1 aromatic carbocycles. The molecule has 1 aliphatic heterocycles. The fraction of sp³-hybridized carbons (Fsp3) is 0.400. The Bertz CT molecular complexity index is 329. The van der Waals surface area contributed by atoms with Gasteiger partial charge in [0.1, 0.15) is 5.75 Å². The fourth-order valence-corrected chi connectivity index (χ4v) is 1.93. The molecule has 0 aromatic heterocycles. The Kier molecular flexibility index (Phi) is 4.86. The van der Waals surface area contributed by atoms with Crippen LogP contribution in [0.4, 0.5) is 0 Å². The molecule has 2 N–H and O–H groups in total. The number of nitrogens with one attached hydrogen (secondary N) is 1. The largest absolute Gasteiger partial charge is 0.508 e. The number of rotatable bonds is 1. The Morgan fingerprint density at radius 3 is 2.87 bits per heavy atom. The zero-order valence-corrected chi connectivity index (χ0v) is 10.5. The van der Waals surface area contributed by atoms with E-state index in [1.165, 1.54) is 0 Å². The molecule has 1 aromatic rings. The maximum Gasteiger partial charge on any atom is 0.121 e. The van der Waals surface area contributed by atoms with Crippen LogP contribution in [0.5, 0.6) is 5.75 Å². The lowest BCUT2D eigenvalue weighted by Gasteiger charge is -2.24. The minimum Gasteiger partial charge on any atom is -0.508 e. The van der Waals surface area contributed by atoms with Gasteiger partial charge < -0.3 is 15.2 Å². The van der Waals surface area contributed by atoms with Gasteiger partial charge in [0.2, 0.25) is 0 Å². The summed E-state index contributed by atoms with van der Waals surface area (Å²) in [7, 11) is 0. The van der Waals surface area contributed by atoms with Crippen LogP contribution in [0.15, 0.2) is 22.7 Å². The van der Waals surface area contributed by atoms with Crippen LogP contribution in [0, 0.1) is 0 Å². The van der Waals surface area contributed by atoms with Crippen LogP contribution in [0.2, 0.25) is 0 Å². The number of aromatic hydroxyl groups is 1. The van der Waals surface area contributed by atoms with Crippen molar-refractivity contribution in [2.45, 2.75) is 6.04 Å². The lowest BCUT2D eigenvalue weighted by molar-refractivity contribution is 0.0761. The van der Waals surface area contributed by atoms with Crippen LogP contribution in [-0.2, 0) is 4.74 Å². The van der Waals surface area contributed by atoms with Gasteiger partial charge in [0.05, 0.1) is 19.3 Å². The summed E-state index contributed by atoms with van der Waals surface area (Å²) in [5, 5.41) is 13.0. The quantitative estimate of drug-likeness (QED) is 0.835. The van der Waals surface area contributed by atoms with E-state index in [0.29, 0.717) is 12.4 Å². The summed E-state index contributed by atoms with van der Waals surface area (Å²) < 4.78 is 6.22. The van der Waals surface area contributed by atoms with E-state index in [4.69, 9.17) is 4.74 Å². The highest BCUT2D eigenvalue weighted by Crippen LogP contribution is 2.28. The maximum absolute atomic E-state index is 9.72. The molecule has 1 fully saturated rings. The second kappa shape index (κ2) is 5.70. The average molecular weight is 295 g/mol. The number of ether oxygens (including phenoxy) is 1. The van der Waals surface area contributed by atoms with Crippen molar-refractivity contribution in [3.05, 3.63) is 28.2 Å². The zero-order valence-electron chi connectivity index (χ0n) is 8.07. The van der Waals surface area contributed by atoms with Crippen LogP contribution in [0.3, 0.4) is 0 Å². The van der Waals surface area contributed by atoms with Crippen molar-refractivity contribution < 1.29 is 9.84 Å². The molecular formula is C10H13BrClNO2. The number of phenolic OH excluding ortho intramolecular Hbond substituents is 1. The van der Waals surface area contributed by atoms with Crippen LogP contribution in [0.25, 0.3) is 0 Å². The smallest absolute Gasteiger partial charge is 0.121 e. The van der Waals surface area contributed by atoms with Crippen LogP contribution < -0.4 is 5.32 Å². The zero-order chi connectivity index (χ0) is 9.97. The maximum atomic E-state index is 9.72. The summed E-state index contributed by atoms with van der Waals surface area (Å²) in [6.07, 6.45) is 0. The van der Waals surface area contributed by atoms with E-state index in [1.807, 2.05) is 12.1 Å². The van der Waals surface area contributed by atoms with Crippen LogP contribution in [-0.4, -0.2) is 24.9 Å². The fourth-order valence-electron chi connectivity index (χ4n) is 1.58. The van der Waals surface area contributed by atoms with E-state index in [-0.39, 0.29) is 18.4 Å². The molecule has 3 nitrogen and oxygen atoms in total. The number of halogens is 2. The topological polar surface area (TPSA) is 41.5 Å². The van der Waals surface area contributed by atoms with Gasteiger partial charge in [-0.1, -0.05) is 22.0 Å². The standard InChI is InChI=1S/C10H12BrNO2.ClH/c11-7-1-2-8(10(13)5-7)9-6-14-4-3-12-9;/h1-2,5,9,12-13H,3-4,6H2;1H/t9-;/m1./s1. The molecule has 5 heteroatoms. The molecular weight excluding hydrogens is 281 g/mol. The van der Waals surface area contributed by atoms with Gasteiger partial charge in [-0.3, -0.25) is 0 Å². The third kappa shape index (κ3) is 3.08. The van der Waals surface area contributed by atoms with E-state index >= 15 is 0 Å². The molecule has 0 amide bonds. The van der Waals surface area contributed by atoms with Crippen molar-refractivity contribution in [3.8, 4) is 5.75 Å². The van der Waals surface area contributed by atoms with Gasteiger partial charge in [-0.25, -0.2) is 0 Å². The molecule has 2 rings (SSSR count). The lowest BCUT2D eigenvalue weighted by Crippen LogP contribution is -2.34. The molecule has 0 unspecified atom stereocenters. The summed E-state index contributed by atoms with van der Waals surface area (Å²) >= 11 is 3.31. The number of morpholine rings is 1. The molecule has 0 saturated carbocycles. The van der Waals surface area contributed by atoms with Crippen molar-refractivity contribution in [3.63, 3.8) is 0 Å². The SMILES string of the molecule is Cl.Oc1cc(Br)ccc1[C@H]1COCCN1. The van der Waals surface area contributed by atoms with Gasteiger partial charge in [-0.05, 0) is 12.1 Å². The summed E-state index contributed by atoms with van der Waals surface area (Å²) in [5.74, 6) is 0.308. The first-order valence-electron chi connectivity index (χ1n) is 4.57. The van der Waals surface area contributed by atoms with Crippen LogP contribution in [0.1, 0.15) is 11.6 Å². The van der Waals surface area contributed by atoms with Gasteiger partial charge in [0, 0.05) is 16.6 Å². The highest BCUT2D eigenvalue weighted by atomic mass is 79.9. The molecule has 1 saturated heterocycles.